The second-order valence-corrected chi connectivity index (χ2v) is 3.27. The van der Waals surface area contributed by atoms with Gasteiger partial charge in [0, 0.05) is 6.54 Å². The van der Waals surface area contributed by atoms with Gasteiger partial charge in [-0.25, -0.2) is 0 Å². The van der Waals surface area contributed by atoms with E-state index in [0.29, 0.717) is 5.92 Å². The molecule has 0 fully saturated rings. The van der Waals surface area contributed by atoms with Crippen molar-refractivity contribution in [2.45, 2.75) is 27.2 Å². The summed E-state index contributed by atoms with van der Waals surface area (Å²) < 4.78 is 0. The monoisotopic (exact) mass is 179 g/mol. The summed E-state index contributed by atoms with van der Waals surface area (Å²) in [7, 11) is 0. The third kappa shape index (κ3) is 6.21. The van der Waals surface area contributed by atoms with E-state index < -0.39 is 0 Å². The standard InChI is InChI=1S/C12H21N/c1-5-7-8-12(11(3)4)9-10-13-6-2/h5,8-11,13H,1,6-7H2,2-4H3/b10-9+,12-8+. The number of allylic oxidation sites excluding steroid dienone is 4. The molecule has 1 nitrogen and oxygen atoms in total. The van der Waals surface area contributed by atoms with Crippen LogP contribution in [0.4, 0.5) is 0 Å². The van der Waals surface area contributed by atoms with Gasteiger partial charge in [-0.15, -0.1) is 6.58 Å². The second kappa shape index (κ2) is 7.66. The molecule has 0 aromatic heterocycles. The van der Waals surface area contributed by atoms with Gasteiger partial charge < -0.3 is 5.32 Å². The first-order chi connectivity index (χ1) is 6.22. The molecule has 0 atom stereocenters. The van der Waals surface area contributed by atoms with Crippen molar-refractivity contribution in [1.82, 2.24) is 5.32 Å². The van der Waals surface area contributed by atoms with Gasteiger partial charge in [0.2, 0.25) is 0 Å². The largest absolute Gasteiger partial charge is 0.391 e. The molecule has 13 heavy (non-hydrogen) atoms. The first kappa shape index (κ1) is 12.0. The Morgan fingerprint density at radius 1 is 1.46 bits per heavy atom. The molecule has 0 aliphatic carbocycles. The van der Waals surface area contributed by atoms with Gasteiger partial charge in [0.25, 0.3) is 0 Å². The highest BCUT2D eigenvalue weighted by Crippen LogP contribution is 2.11. The maximum absolute atomic E-state index is 3.70. The van der Waals surface area contributed by atoms with Crippen molar-refractivity contribution >= 4 is 0 Å². The molecule has 0 unspecified atom stereocenters. The highest BCUT2D eigenvalue weighted by atomic mass is 14.8. The Hall–Kier alpha value is -0.980. The van der Waals surface area contributed by atoms with Crippen molar-refractivity contribution in [1.29, 1.82) is 0 Å². The summed E-state index contributed by atoms with van der Waals surface area (Å²) in [4.78, 5) is 0. The molecule has 0 rings (SSSR count). The lowest BCUT2D eigenvalue weighted by molar-refractivity contribution is 0.783. The van der Waals surface area contributed by atoms with Crippen LogP contribution in [-0.2, 0) is 0 Å². The van der Waals surface area contributed by atoms with Crippen LogP contribution >= 0.6 is 0 Å². The average Bonchev–Trinajstić information content (AvgIpc) is 2.10. The summed E-state index contributed by atoms with van der Waals surface area (Å²) >= 11 is 0. The van der Waals surface area contributed by atoms with E-state index in [1.165, 1.54) is 5.57 Å². The lowest BCUT2D eigenvalue weighted by atomic mass is 10.0. The zero-order chi connectivity index (χ0) is 10.1. The summed E-state index contributed by atoms with van der Waals surface area (Å²) in [5, 5.41) is 3.16. The molecule has 0 aliphatic rings. The fourth-order valence-electron chi connectivity index (χ4n) is 0.989. The van der Waals surface area contributed by atoms with Gasteiger partial charge in [-0.05, 0) is 37.1 Å². The fourth-order valence-corrected chi connectivity index (χ4v) is 0.989. The summed E-state index contributed by atoms with van der Waals surface area (Å²) in [5.41, 5.74) is 1.36. The van der Waals surface area contributed by atoms with Crippen molar-refractivity contribution in [3.63, 3.8) is 0 Å². The van der Waals surface area contributed by atoms with E-state index in [-0.39, 0.29) is 0 Å². The average molecular weight is 179 g/mol. The van der Waals surface area contributed by atoms with Gasteiger partial charge in [0.15, 0.2) is 0 Å². The molecule has 0 amide bonds. The lowest BCUT2D eigenvalue weighted by Crippen LogP contribution is -2.02. The number of nitrogens with one attached hydrogen (secondary N) is 1. The molecule has 0 aromatic rings. The molecular weight excluding hydrogens is 158 g/mol. The highest BCUT2D eigenvalue weighted by Gasteiger charge is 1.96. The van der Waals surface area contributed by atoms with E-state index in [4.69, 9.17) is 0 Å². The maximum atomic E-state index is 3.70. The van der Waals surface area contributed by atoms with Crippen molar-refractivity contribution in [2.24, 2.45) is 5.92 Å². The molecule has 0 spiro atoms. The minimum Gasteiger partial charge on any atom is -0.391 e. The van der Waals surface area contributed by atoms with Crippen LogP contribution in [0.25, 0.3) is 0 Å². The minimum atomic E-state index is 0.579. The van der Waals surface area contributed by atoms with E-state index in [9.17, 15) is 0 Å². The second-order valence-electron chi connectivity index (χ2n) is 3.27. The zero-order valence-electron chi connectivity index (χ0n) is 9.01. The Morgan fingerprint density at radius 3 is 2.62 bits per heavy atom. The smallest absolute Gasteiger partial charge is 0.0113 e. The van der Waals surface area contributed by atoms with Crippen LogP contribution in [0.3, 0.4) is 0 Å². The maximum Gasteiger partial charge on any atom is 0.0113 e. The van der Waals surface area contributed by atoms with Gasteiger partial charge in [0.1, 0.15) is 0 Å². The molecule has 1 N–H and O–H groups in total. The molecule has 74 valence electrons. The summed E-state index contributed by atoms with van der Waals surface area (Å²) in [6, 6.07) is 0. The van der Waals surface area contributed by atoms with E-state index in [2.05, 4.69) is 44.8 Å². The quantitative estimate of drug-likeness (QED) is 0.487. The highest BCUT2D eigenvalue weighted by molar-refractivity contribution is 5.20. The van der Waals surface area contributed by atoms with E-state index >= 15 is 0 Å². The van der Waals surface area contributed by atoms with E-state index in [0.717, 1.165) is 13.0 Å². The van der Waals surface area contributed by atoms with Crippen LogP contribution in [0.15, 0.2) is 36.6 Å². The Morgan fingerprint density at radius 2 is 2.15 bits per heavy atom. The molecule has 0 heterocycles. The zero-order valence-corrected chi connectivity index (χ0v) is 9.01. The Bertz CT molecular complexity index is 187. The van der Waals surface area contributed by atoms with Crippen LogP contribution in [0, 0.1) is 5.92 Å². The molecule has 0 saturated carbocycles. The number of hydrogen-bond acceptors (Lipinski definition) is 1. The first-order valence-corrected chi connectivity index (χ1v) is 4.93. The van der Waals surface area contributed by atoms with Gasteiger partial charge in [-0.1, -0.05) is 26.0 Å². The van der Waals surface area contributed by atoms with Gasteiger partial charge in [-0.2, -0.15) is 0 Å². The number of rotatable bonds is 6. The Balaban J connectivity index is 4.16. The Labute approximate surface area is 82.2 Å². The molecule has 0 radical (unpaired) electrons. The van der Waals surface area contributed by atoms with Crippen LogP contribution < -0.4 is 5.32 Å². The van der Waals surface area contributed by atoms with Crippen LogP contribution in [0.5, 0.6) is 0 Å². The third-order valence-electron chi connectivity index (χ3n) is 1.78. The predicted octanol–water partition coefficient (Wildman–Crippen LogP) is 3.27. The normalized spacial score (nSPS) is 12.5. The predicted molar refractivity (Wildman–Crippen MR) is 60.6 cm³/mol. The first-order valence-electron chi connectivity index (χ1n) is 4.93. The minimum absolute atomic E-state index is 0.579. The SMILES string of the molecule is C=CC/C=C(\C=C\NCC)C(C)C. The number of hydrogen-bond donors (Lipinski definition) is 1. The topological polar surface area (TPSA) is 12.0 Å². The van der Waals surface area contributed by atoms with Crippen molar-refractivity contribution in [2.75, 3.05) is 6.54 Å². The third-order valence-corrected chi connectivity index (χ3v) is 1.78. The summed E-state index contributed by atoms with van der Waals surface area (Å²) in [6.45, 7) is 11.2. The molecule has 0 bridgehead atoms. The van der Waals surface area contributed by atoms with Gasteiger partial charge in [0.05, 0.1) is 0 Å². The van der Waals surface area contributed by atoms with Gasteiger partial charge in [-0.3, -0.25) is 0 Å². The van der Waals surface area contributed by atoms with E-state index in [1.807, 2.05) is 12.3 Å². The lowest BCUT2D eigenvalue weighted by Gasteiger charge is -2.05. The summed E-state index contributed by atoms with van der Waals surface area (Å²) in [5.74, 6) is 0.579. The van der Waals surface area contributed by atoms with Crippen LogP contribution in [0.1, 0.15) is 27.2 Å². The van der Waals surface area contributed by atoms with Crippen molar-refractivity contribution < 1.29 is 0 Å². The van der Waals surface area contributed by atoms with Crippen LogP contribution in [0.2, 0.25) is 0 Å². The van der Waals surface area contributed by atoms with Crippen molar-refractivity contribution in [3.8, 4) is 0 Å². The van der Waals surface area contributed by atoms with Crippen LogP contribution in [-0.4, -0.2) is 6.54 Å². The molecule has 0 aromatic carbocycles. The molecular formula is C12H21N. The molecule has 1 heteroatoms. The fraction of sp³-hybridized carbons (Fsp3) is 0.500. The summed E-state index contributed by atoms with van der Waals surface area (Å²) in [6.07, 6.45) is 9.23. The molecule has 0 saturated heterocycles. The van der Waals surface area contributed by atoms with Gasteiger partial charge >= 0.3 is 0 Å². The van der Waals surface area contributed by atoms with E-state index in [1.54, 1.807) is 0 Å². The van der Waals surface area contributed by atoms with Crippen molar-refractivity contribution in [3.05, 3.63) is 36.6 Å². The Kier molecular flexibility index (Phi) is 7.08. The molecule has 0 aliphatic heterocycles.